The van der Waals surface area contributed by atoms with Gasteiger partial charge in [0.05, 0.1) is 5.69 Å². The summed E-state index contributed by atoms with van der Waals surface area (Å²) >= 11 is 0. The van der Waals surface area contributed by atoms with Crippen LogP contribution in [0.3, 0.4) is 0 Å². The van der Waals surface area contributed by atoms with Crippen molar-refractivity contribution in [1.82, 2.24) is 9.55 Å². The highest BCUT2D eigenvalue weighted by atomic mass is 15.1. The van der Waals surface area contributed by atoms with E-state index in [0.717, 1.165) is 25.8 Å². The van der Waals surface area contributed by atoms with E-state index in [1.54, 1.807) is 0 Å². The van der Waals surface area contributed by atoms with Crippen LogP contribution in [0.4, 0.5) is 0 Å². The van der Waals surface area contributed by atoms with Gasteiger partial charge in [-0.05, 0) is 25.7 Å². The minimum Gasteiger partial charge on any atom is -0.330 e. The minimum atomic E-state index is 0.317. The minimum absolute atomic E-state index is 0.317. The molecule has 2 heterocycles. The lowest BCUT2D eigenvalue weighted by Gasteiger charge is -2.23. The summed E-state index contributed by atoms with van der Waals surface area (Å²) < 4.78 is 2.35. The summed E-state index contributed by atoms with van der Waals surface area (Å²) in [4.78, 5) is 4.67. The quantitative estimate of drug-likeness (QED) is 0.801. The Morgan fingerprint density at radius 1 is 1.53 bits per heavy atom. The Kier molecular flexibility index (Phi) is 2.83. The molecule has 84 valence electrons. The number of imidazole rings is 1. The molecule has 15 heavy (non-hydrogen) atoms. The number of nitrogens with zero attached hydrogens (tertiary/aromatic N) is 2. The van der Waals surface area contributed by atoms with E-state index in [4.69, 9.17) is 5.73 Å². The fraction of sp³-hybridized carbons (Fsp3) is 0.750. The van der Waals surface area contributed by atoms with E-state index in [0.29, 0.717) is 12.0 Å². The molecule has 0 aliphatic carbocycles. The van der Waals surface area contributed by atoms with Gasteiger partial charge in [-0.2, -0.15) is 0 Å². The maximum atomic E-state index is 6.01. The van der Waals surface area contributed by atoms with Gasteiger partial charge in [0, 0.05) is 24.7 Å². The first-order valence-corrected chi connectivity index (χ1v) is 5.88. The Bertz CT molecular complexity index is 352. The van der Waals surface area contributed by atoms with Crippen molar-refractivity contribution in [2.45, 2.75) is 52.6 Å². The summed E-state index contributed by atoms with van der Waals surface area (Å²) in [5, 5.41) is 0. The molecule has 0 radical (unpaired) electrons. The molecule has 0 bridgehead atoms. The fourth-order valence-corrected chi connectivity index (χ4v) is 2.37. The van der Waals surface area contributed by atoms with Crippen LogP contribution in [0.1, 0.15) is 37.5 Å². The first-order chi connectivity index (χ1) is 7.08. The van der Waals surface area contributed by atoms with Gasteiger partial charge < -0.3 is 10.3 Å². The second kappa shape index (κ2) is 3.97. The van der Waals surface area contributed by atoms with Crippen molar-refractivity contribution in [1.29, 1.82) is 0 Å². The molecular weight excluding hydrogens is 186 g/mol. The van der Waals surface area contributed by atoms with Crippen LogP contribution in [-0.2, 0) is 19.4 Å². The lowest BCUT2D eigenvalue weighted by molar-refractivity contribution is 0.439. The molecule has 0 amide bonds. The van der Waals surface area contributed by atoms with Crippen molar-refractivity contribution in [3.63, 3.8) is 0 Å². The van der Waals surface area contributed by atoms with Gasteiger partial charge in [-0.3, -0.25) is 0 Å². The third kappa shape index (κ3) is 2.07. The zero-order valence-corrected chi connectivity index (χ0v) is 9.95. The fourth-order valence-electron chi connectivity index (χ4n) is 2.37. The summed E-state index contributed by atoms with van der Waals surface area (Å²) in [6.45, 7) is 7.55. The Hall–Kier alpha value is -0.830. The van der Waals surface area contributed by atoms with E-state index in [1.165, 1.54) is 17.2 Å². The zero-order valence-electron chi connectivity index (χ0n) is 9.95. The highest BCUT2D eigenvalue weighted by Crippen LogP contribution is 2.21. The largest absolute Gasteiger partial charge is 0.330 e. The predicted molar refractivity (Wildman–Crippen MR) is 61.8 cm³/mol. The predicted octanol–water partition coefficient (Wildman–Crippen LogP) is 1.66. The third-order valence-electron chi connectivity index (χ3n) is 3.11. The van der Waals surface area contributed by atoms with E-state index in [2.05, 4.69) is 30.3 Å². The number of fused-ring (bicyclic) bond motifs is 1. The van der Waals surface area contributed by atoms with Crippen molar-refractivity contribution in [2.24, 2.45) is 11.7 Å². The molecule has 1 aliphatic heterocycles. The molecule has 1 aliphatic rings. The van der Waals surface area contributed by atoms with Crippen LogP contribution in [0.5, 0.6) is 0 Å². The number of nitrogens with two attached hydrogens (primary N) is 1. The molecule has 0 aromatic carbocycles. The van der Waals surface area contributed by atoms with Crippen LogP contribution in [0.2, 0.25) is 0 Å². The van der Waals surface area contributed by atoms with E-state index in [-0.39, 0.29) is 0 Å². The standard InChI is InChI=1S/C12H21N3/c1-8(2)6-12-14-9(3)11-5-4-10(13)7-15(11)12/h8,10H,4-7,13H2,1-3H3. The Morgan fingerprint density at radius 2 is 2.27 bits per heavy atom. The first kappa shape index (κ1) is 10.7. The normalized spacial score (nSPS) is 20.7. The van der Waals surface area contributed by atoms with E-state index >= 15 is 0 Å². The van der Waals surface area contributed by atoms with Crippen LogP contribution >= 0.6 is 0 Å². The lowest BCUT2D eigenvalue weighted by Crippen LogP contribution is -2.32. The highest BCUT2D eigenvalue weighted by molar-refractivity contribution is 5.19. The SMILES string of the molecule is Cc1nc(CC(C)C)n2c1CCC(N)C2. The van der Waals surface area contributed by atoms with Crippen molar-refractivity contribution in [3.05, 3.63) is 17.2 Å². The molecule has 0 spiro atoms. The Morgan fingerprint density at radius 3 is 2.93 bits per heavy atom. The highest BCUT2D eigenvalue weighted by Gasteiger charge is 2.21. The van der Waals surface area contributed by atoms with Crippen molar-refractivity contribution in [2.75, 3.05) is 0 Å². The van der Waals surface area contributed by atoms with Gasteiger partial charge in [0.1, 0.15) is 5.82 Å². The van der Waals surface area contributed by atoms with Crippen LogP contribution in [0.25, 0.3) is 0 Å². The number of aromatic nitrogens is 2. The van der Waals surface area contributed by atoms with Crippen molar-refractivity contribution < 1.29 is 0 Å². The molecule has 0 saturated heterocycles. The average molecular weight is 207 g/mol. The molecule has 2 N–H and O–H groups in total. The summed E-state index contributed by atoms with van der Waals surface area (Å²) in [6, 6.07) is 0.317. The number of hydrogen-bond donors (Lipinski definition) is 1. The topological polar surface area (TPSA) is 43.8 Å². The molecule has 3 nitrogen and oxygen atoms in total. The lowest BCUT2D eigenvalue weighted by atomic mass is 10.0. The molecule has 1 aromatic rings. The summed E-state index contributed by atoms with van der Waals surface area (Å²) in [6.07, 6.45) is 3.26. The van der Waals surface area contributed by atoms with Gasteiger partial charge in [-0.25, -0.2) is 4.98 Å². The number of rotatable bonds is 2. The van der Waals surface area contributed by atoms with E-state index < -0.39 is 0 Å². The Labute approximate surface area is 91.7 Å². The van der Waals surface area contributed by atoms with Crippen LogP contribution in [0, 0.1) is 12.8 Å². The van der Waals surface area contributed by atoms with Crippen LogP contribution < -0.4 is 5.73 Å². The van der Waals surface area contributed by atoms with Gasteiger partial charge in [0.2, 0.25) is 0 Å². The maximum Gasteiger partial charge on any atom is 0.109 e. The van der Waals surface area contributed by atoms with Gasteiger partial charge in [-0.15, -0.1) is 0 Å². The molecular formula is C12H21N3. The summed E-state index contributed by atoms with van der Waals surface area (Å²) in [5.74, 6) is 1.89. The Balaban J connectivity index is 2.32. The zero-order chi connectivity index (χ0) is 11.0. The van der Waals surface area contributed by atoms with Gasteiger partial charge in [0.15, 0.2) is 0 Å². The van der Waals surface area contributed by atoms with Gasteiger partial charge in [0.25, 0.3) is 0 Å². The van der Waals surface area contributed by atoms with E-state index in [9.17, 15) is 0 Å². The molecule has 1 unspecified atom stereocenters. The first-order valence-electron chi connectivity index (χ1n) is 5.88. The van der Waals surface area contributed by atoms with E-state index in [1.807, 2.05) is 0 Å². The van der Waals surface area contributed by atoms with Crippen molar-refractivity contribution in [3.8, 4) is 0 Å². The van der Waals surface area contributed by atoms with Crippen molar-refractivity contribution >= 4 is 0 Å². The number of hydrogen-bond acceptors (Lipinski definition) is 2. The smallest absolute Gasteiger partial charge is 0.109 e. The van der Waals surface area contributed by atoms with Gasteiger partial charge >= 0.3 is 0 Å². The number of aryl methyl sites for hydroxylation is 1. The summed E-state index contributed by atoms with van der Waals surface area (Å²) in [7, 11) is 0. The van der Waals surface area contributed by atoms with Crippen LogP contribution in [-0.4, -0.2) is 15.6 Å². The maximum absolute atomic E-state index is 6.01. The second-order valence-corrected chi connectivity index (χ2v) is 5.07. The van der Waals surface area contributed by atoms with Gasteiger partial charge in [-0.1, -0.05) is 13.8 Å². The molecule has 1 atom stereocenters. The summed E-state index contributed by atoms with van der Waals surface area (Å²) in [5.41, 5.74) is 8.63. The van der Waals surface area contributed by atoms with Crippen LogP contribution in [0.15, 0.2) is 0 Å². The molecule has 2 rings (SSSR count). The molecule has 1 aromatic heterocycles. The molecule has 0 saturated carbocycles. The second-order valence-electron chi connectivity index (χ2n) is 5.07. The molecule has 3 heteroatoms. The average Bonchev–Trinajstić information content (AvgIpc) is 2.42. The third-order valence-corrected chi connectivity index (χ3v) is 3.11. The monoisotopic (exact) mass is 207 g/mol. The molecule has 0 fully saturated rings.